The molecule has 0 spiro atoms. The van der Waals surface area contributed by atoms with Crippen molar-refractivity contribution in [3.8, 4) is 0 Å². The number of aliphatic hydroxyl groups excluding tert-OH is 1. The van der Waals surface area contributed by atoms with Crippen LogP contribution in [-0.4, -0.2) is 45.7 Å². The fraction of sp³-hybridized carbons (Fsp3) is 0.467. The molecule has 2 rings (SSSR count). The standard InChI is InChI=1S/C15H20N2O4/c1-9(13(16)10-5-3-2-4-6-10)14(19)17-8-11(18)7-12(17)15(20)21/h2-6,9,11-13,18H,7-8,16H2,1H3,(H,20,21)/t9?,11-,12-,13?/m0/s1. The van der Waals surface area contributed by atoms with E-state index in [9.17, 15) is 14.7 Å². The molecule has 1 aliphatic heterocycles. The van der Waals surface area contributed by atoms with Crippen molar-refractivity contribution in [1.82, 2.24) is 4.90 Å². The fourth-order valence-electron chi connectivity index (χ4n) is 2.67. The maximum atomic E-state index is 12.5. The van der Waals surface area contributed by atoms with Crippen LogP contribution in [-0.2, 0) is 9.59 Å². The second-order valence-corrected chi connectivity index (χ2v) is 5.46. The van der Waals surface area contributed by atoms with Gasteiger partial charge in [-0.25, -0.2) is 4.79 Å². The first kappa shape index (κ1) is 15.5. The van der Waals surface area contributed by atoms with Crippen LogP contribution in [0.4, 0.5) is 0 Å². The molecule has 1 aromatic rings. The monoisotopic (exact) mass is 292 g/mol. The summed E-state index contributed by atoms with van der Waals surface area (Å²) in [6, 6.07) is 7.73. The number of rotatable bonds is 4. The van der Waals surface area contributed by atoms with Crippen LogP contribution < -0.4 is 5.73 Å². The first-order chi connectivity index (χ1) is 9.91. The van der Waals surface area contributed by atoms with Crippen LogP contribution in [0, 0.1) is 5.92 Å². The smallest absolute Gasteiger partial charge is 0.326 e. The van der Waals surface area contributed by atoms with Gasteiger partial charge < -0.3 is 20.8 Å². The number of carboxylic acids is 1. The number of β-amino-alcohol motifs (C(OH)–C–C–N with tert-alkyl or cyclic N) is 1. The van der Waals surface area contributed by atoms with Crippen molar-refractivity contribution in [2.75, 3.05) is 6.54 Å². The largest absolute Gasteiger partial charge is 0.480 e. The van der Waals surface area contributed by atoms with E-state index in [-0.39, 0.29) is 18.9 Å². The number of nitrogens with two attached hydrogens (primary N) is 1. The molecule has 1 amide bonds. The highest BCUT2D eigenvalue weighted by atomic mass is 16.4. The number of aliphatic hydroxyl groups is 1. The van der Waals surface area contributed by atoms with E-state index in [1.807, 2.05) is 30.3 Å². The van der Waals surface area contributed by atoms with Gasteiger partial charge in [0, 0.05) is 19.0 Å². The van der Waals surface area contributed by atoms with Gasteiger partial charge in [-0.1, -0.05) is 37.3 Å². The first-order valence-corrected chi connectivity index (χ1v) is 6.93. The summed E-state index contributed by atoms with van der Waals surface area (Å²) >= 11 is 0. The van der Waals surface area contributed by atoms with E-state index in [0.29, 0.717) is 0 Å². The lowest BCUT2D eigenvalue weighted by Crippen LogP contribution is -2.45. The van der Waals surface area contributed by atoms with Crippen LogP contribution in [0.5, 0.6) is 0 Å². The number of benzene rings is 1. The van der Waals surface area contributed by atoms with Crippen LogP contribution in [0.2, 0.25) is 0 Å². The van der Waals surface area contributed by atoms with Crippen molar-refractivity contribution in [3.63, 3.8) is 0 Å². The number of carboxylic acid groups (broad SMARTS) is 1. The van der Waals surface area contributed by atoms with Crippen LogP contribution in [0.1, 0.15) is 24.9 Å². The van der Waals surface area contributed by atoms with E-state index in [1.54, 1.807) is 6.92 Å². The van der Waals surface area contributed by atoms with E-state index < -0.39 is 30.1 Å². The number of likely N-dealkylation sites (tertiary alicyclic amines) is 1. The summed E-state index contributed by atoms with van der Waals surface area (Å²) in [5.41, 5.74) is 6.93. The van der Waals surface area contributed by atoms with Gasteiger partial charge in [-0.05, 0) is 5.56 Å². The molecular formula is C15H20N2O4. The number of carbonyl (C=O) groups excluding carboxylic acids is 1. The number of aliphatic carboxylic acids is 1. The Kier molecular flexibility index (Phi) is 4.59. The average molecular weight is 292 g/mol. The summed E-state index contributed by atoms with van der Waals surface area (Å²) < 4.78 is 0. The lowest BCUT2D eigenvalue weighted by Gasteiger charge is -2.27. The zero-order chi connectivity index (χ0) is 15.6. The Labute approximate surface area is 123 Å². The lowest BCUT2D eigenvalue weighted by atomic mass is 9.94. The van der Waals surface area contributed by atoms with Gasteiger partial charge in [0.15, 0.2) is 0 Å². The molecule has 0 aliphatic carbocycles. The van der Waals surface area contributed by atoms with Crippen molar-refractivity contribution < 1.29 is 19.8 Å². The Morgan fingerprint density at radius 2 is 1.95 bits per heavy atom. The van der Waals surface area contributed by atoms with E-state index >= 15 is 0 Å². The SMILES string of the molecule is CC(C(=O)N1C[C@@H](O)C[C@H]1C(=O)O)C(N)c1ccccc1. The maximum Gasteiger partial charge on any atom is 0.326 e. The van der Waals surface area contributed by atoms with Crippen molar-refractivity contribution in [2.24, 2.45) is 11.7 Å². The summed E-state index contributed by atoms with van der Waals surface area (Å²) in [6.45, 7) is 1.73. The van der Waals surface area contributed by atoms with E-state index in [0.717, 1.165) is 5.56 Å². The van der Waals surface area contributed by atoms with Gasteiger partial charge in [0.25, 0.3) is 0 Å². The van der Waals surface area contributed by atoms with Crippen molar-refractivity contribution >= 4 is 11.9 Å². The van der Waals surface area contributed by atoms with E-state index in [2.05, 4.69) is 0 Å². The predicted molar refractivity (Wildman–Crippen MR) is 76.3 cm³/mol. The molecule has 2 unspecified atom stereocenters. The lowest BCUT2D eigenvalue weighted by molar-refractivity contribution is -0.150. The Morgan fingerprint density at radius 1 is 1.33 bits per heavy atom. The number of amides is 1. The Bertz CT molecular complexity index is 520. The molecule has 0 aromatic heterocycles. The van der Waals surface area contributed by atoms with Gasteiger partial charge in [-0.3, -0.25) is 4.79 Å². The number of hydrogen-bond acceptors (Lipinski definition) is 4. The average Bonchev–Trinajstić information content (AvgIpc) is 2.88. The van der Waals surface area contributed by atoms with Crippen molar-refractivity contribution in [1.29, 1.82) is 0 Å². The normalized spacial score (nSPS) is 24.6. The molecule has 0 radical (unpaired) electrons. The van der Waals surface area contributed by atoms with Gasteiger partial charge >= 0.3 is 5.97 Å². The minimum absolute atomic E-state index is 0.0433. The summed E-state index contributed by atoms with van der Waals surface area (Å²) in [5.74, 6) is -1.99. The van der Waals surface area contributed by atoms with Crippen molar-refractivity contribution in [2.45, 2.75) is 31.5 Å². The number of carbonyl (C=O) groups is 2. The molecule has 1 fully saturated rings. The summed E-state index contributed by atoms with van der Waals surface area (Å²) in [4.78, 5) is 24.9. The van der Waals surface area contributed by atoms with E-state index in [1.165, 1.54) is 4.90 Å². The highest BCUT2D eigenvalue weighted by Gasteiger charge is 2.41. The van der Waals surface area contributed by atoms with Gasteiger partial charge in [0.1, 0.15) is 6.04 Å². The predicted octanol–water partition coefficient (Wildman–Crippen LogP) is 0.369. The van der Waals surface area contributed by atoms with Crippen LogP contribution in [0.3, 0.4) is 0 Å². The molecule has 1 aliphatic rings. The molecule has 6 heteroatoms. The minimum Gasteiger partial charge on any atom is -0.480 e. The zero-order valence-electron chi connectivity index (χ0n) is 11.8. The second kappa shape index (κ2) is 6.24. The molecule has 1 heterocycles. The quantitative estimate of drug-likeness (QED) is 0.744. The molecule has 4 N–H and O–H groups in total. The molecular weight excluding hydrogens is 272 g/mol. The molecule has 114 valence electrons. The summed E-state index contributed by atoms with van der Waals surface area (Å²) in [7, 11) is 0. The topological polar surface area (TPSA) is 104 Å². The van der Waals surface area contributed by atoms with Gasteiger partial charge in [0.2, 0.25) is 5.91 Å². The highest BCUT2D eigenvalue weighted by molar-refractivity contribution is 5.86. The third kappa shape index (κ3) is 3.22. The second-order valence-electron chi connectivity index (χ2n) is 5.46. The van der Waals surface area contributed by atoms with Crippen molar-refractivity contribution in [3.05, 3.63) is 35.9 Å². The van der Waals surface area contributed by atoms with Crippen LogP contribution >= 0.6 is 0 Å². The van der Waals surface area contributed by atoms with Crippen LogP contribution in [0.25, 0.3) is 0 Å². The van der Waals surface area contributed by atoms with Gasteiger partial charge in [-0.2, -0.15) is 0 Å². The van der Waals surface area contributed by atoms with E-state index in [4.69, 9.17) is 10.8 Å². The summed E-state index contributed by atoms with van der Waals surface area (Å²) in [6.07, 6.45) is -0.732. The maximum absolute atomic E-state index is 12.5. The van der Waals surface area contributed by atoms with Gasteiger partial charge in [-0.15, -0.1) is 0 Å². The fourth-order valence-corrected chi connectivity index (χ4v) is 2.67. The summed E-state index contributed by atoms with van der Waals surface area (Å²) in [5, 5.41) is 18.8. The Hall–Kier alpha value is -1.92. The zero-order valence-corrected chi connectivity index (χ0v) is 11.8. The molecule has 0 bridgehead atoms. The number of hydrogen-bond donors (Lipinski definition) is 3. The number of nitrogens with zero attached hydrogens (tertiary/aromatic N) is 1. The highest BCUT2D eigenvalue weighted by Crippen LogP contribution is 2.26. The third-order valence-electron chi connectivity index (χ3n) is 3.96. The molecule has 1 saturated heterocycles. The molecule has 4 atom stereocenters. The molecule has 1 aromatic carbocycles. The Balaban J connectivity index is 2.13. The molecule has 6 nitrogen and oxygen atoms in total. The minimum atomic E-state index is -1.10. The van der Waals surface area contributed by atoms with Crippen LogP contribution in [0.15, 0.2) is 30.3 Å². The molecule has 0 saturated carbocycles. The first-order valence-electron chi connectivity index (χ1n) is 6.93. The third-order valence-corrected chi connectivity index (χ3v) is 3.96. The van der Waals surface area contributed by atoms with Gasteiger partial charge in [0.05, 0.1) is 12.0 Å². The Morgan fingerprint density at radius 3 is 2.52 bits per heavy atom. The molecule has 21 heavy (non-hydrogen) atoms.